The number of aryl methyl sites for hydroxylation is 1. The number of hydrogen-bond acceptors (Lipinski definition) is 5. The van der Waals surface area contributed by atoms with E-state index < -0.39 is 17.7 Å². The number of ether oxygens (including phenoxy) is 1. The molecule has 176 valence electrons. The van der Waals surface area contributed by atoms with Crippen LogP contribution in [-0.2, 0) is 16.1 Å². The fourth-order valence-corrected chi connectivity index (χ4v) is 4.29. The van der Waals surface area contributed by atoms with E-state index in [2.05, 4.69) is 20.9 Å². The van der Waals surface area contributed by atoms with Crippen LogP contribution in [0.4, 0.5) is 0 Å². The molecule has 0 radical (unpaired) electrons. The average molecular weight is 524 g/mol. The van der Waals surface area contributed by atoms with Crippen molar-refractivity contribution in [1.82, 2.24) is 14.5 Å². The largest absolute Gasteiger partial charge is 0.507 e. The first-order valence-electron chi connectivity index (χ1n) is 11.2. The summed E-state index contributed by atoms with van der Waals surface area (Å²) < 4.78 is 8.46. The lowest BCUT2D eigenvalue weighted by Crippen LogP contribution is -2.31. The van der Waals surface area contributed by atoms with E-state index in [1.54, 1.807) is 41.7 Å². The highest BCUT2D eigenvalue weighted by Gasteiger charge is 2.45. The van der Waals surface area contributed by atoms with Gasteiger partial charge in [0.2, 0.25) is 0 Å². The van der Waals surface area contributed by atoms with E-state index >= 15 is 0 Å². The fourth-order valence-electron chi connectivity index (χ4n) is 4.03. The molecule has 1 amide bonds. The molecule has 1 N–H and O–H groups in total. The Bertz CT molecular complexity index is 1170. The second-order valence-corrected chi connectivity index (χ2v) is 8.99. The van der Waals surface area contributed by atoms with Crippen molar-refractivity contribution in [3.63, 3.8) is 0 Å². The van der Waals surface area contributed by atoms with Gasteiger partial charge >= 0.3 is 0 Å². The van der Waals surface area contributed by atoms with Crippen molar-refractivity contribution in [3.05, 3.63) is 88.4 Å². The molecule has 1 saturated heterocycles. The first-order chi connectivity index (χ1) is 16.5. The summed E-state index contributed by atoms with van der Waals surface area (Å²) in [6.45, 7) is 3.66. The molecule has 4 rings (SSSR count). The van der Waals surface area contributed by atoms with Crippen molar-refractivity contribution in [2.45, 2.75) is 32.4 Å². The number of nitrogens with zero attached hydrogens (tertiary/aromatic N) is 3. The smallest absolute Gasteiger partial charge is 0.295 e. The van der Waals surface area contributed by atoms with Crippen LogP contribution in [0.1, 0.15) is 36.9 Å². The second kappa shape index (κ2) is 10.7. The Morgan fingerprint density at radius 3 is 2.47 bits per heavy atom. The van der Waals surface area contributed by atoms with E-state index in [1.807, 2.05) is 42.0 Å². The fraction of sp³-hybridized carbons (Fsp3) is 0.269. The summed E-state index contributed by atoms with van der Waals surface area (Å²) in [6, 6.07) is 13.7. The minimum absolute atomic E-state index is 0.0946. The lowest BCUT2D eigenvalue weighted by Gasteiger charge is -2.25. The summed E-state index contributed by atoms with van der Waals surface area (Å²) >= 11 is 3.38. The van der Waals surface area contributed by atoms with E-state index in [9.17, 15) is 14.7 Å². The molecule has 3 aromatic rings. The summed E-state index contributed by atoms with van der Waals surface area (Å²) in [6.07, 6.45) is 6.80. The number of aliphatic hydroxyl groups is 1. The number of hydrogen-bond donors (Lipinski definition) is 1. The molecule has 7 nitrogen and oxygen atoms in total. The van der Waals surface area contributed by atoms with Crippen LogP contribution in [0.25, 0.3) is 5.76 Å². The van der Waals surface area contributed by atoms with Crippen LogP contribution in [0.2, 0.25) is 0 Å². The van der Waals surface area contributed by atoms with Gasteiger partial charge in [0.15, 0.2) is 0 Å². The minimum atomic E-state index is -0.688. The number of carbonyl (C=O) groups excluding carboxylic acids is 2. The zero-order chi connectivity index (χ0) is 24.1. The summed E-state index contributed by atoms with van der Waals surface area (Å²) in [5.41, 5.74) is 1.31. The number of benzene rings is 2. The first kappa shape index (κ1) is 23.8. The van der Waals surface area contributed by atoms with E-state index in [1.165, 1.54) is 0 Å². The monoisotopic (exact) mass is 523 g/mol. The molecule has 0 unspecified atom stereocenters. The molecule has 1 aliphatic heterocycles. The molecule has 1 atom stereocenters. The Labute approximate surface area is 206 Å². The topological polar surface area (TPSA) is 84.7 Å². The molecule has 0 saturated carbocycles. The van der Waals surface area contributed by atoms with Gasteiger partial charge in [-0.3, -0.25) is 9.59 Å². The summed E-state index contributed by atoms with van der Waals surface area (Å²) in [4.78, 5) is 31.8. The predicted molar refractivity (Wildman–Crippen MR) is 132 cm³/mol. The number of aromatic nitrogens is 2. The molecule has 0 bridgehead atoms. The van der Waals surface area contributed by atoms with Crippen molar-refractivity contribution < 1.29 is 19.4 Å². The number of halogens is 1. The van der Waals surface area contributed by atoms with Crippen LogP contribution in [0.3, 0.4) is 0 Å². The maximum atomic E-state index is 13.1. The van der Waals surface area contributed by atoms with Crippen molar-refractivity contribution in [2.75, 3.05) is 13.2 Å². The SMILES string of the molecule is CCCOc1ccc([C@@H]2/C(=C(\O)c3ccc(Br)cc3)C(=O)C(=O)N2CCCn2ccnc2)cc1. The molecule has 1 aliphatic rings. The van der Waals surface area contributed by atoms with E-state index in [-0.39, 0.29) is 11.3 Å². The number of Topliss-reactive ketones (excluding diaryl/α,β-unsaturated/α-hetero) is 1. The van der Waals surface area contributed by atoms with Crippen molar-refractivity contribution in [1.29, 1.82) is 0 Å². The van der Waals surface area contributed by atoms with E-state index in [4.69, 9.17) is 4.74 Å². The Morgan fingerprint density at radius 1 is 1.09 bits per heavy atom. The Morgan fingerprint density at radius 2 is 1.82 bits per heavy atom. The van der Waals surface area contributed by atoms with E-state index in [0.29, 0.717) is 31.7 Å². The lowest BCUT2D eigenvalue weighted by molar-refractivity contribution is -0.139. The molecule has 0 aliphatic carbocycles. The van der Waals surface area contributed by atoms with Crippen LogP contribution in [-0.4, -0.2) is 44.4 Å². The van der Waals surface area contributed by atoms with Gasteiger partial charge in [-0.1, -0.05) is 47.1 Å². The predicted octanol–water partition coefficient (Wildman–Crippen LogP) is 4.95. The van der Waals surface area contributed by atoms with Crippen LogP contribution >= 0.6 is 15.9 Å². The molecule has 0 spiro atoms. The van der Waals surface area contributed by atoms with Crippen LogP contribution in [0.5, 0.6) is 5.75 Å². The quantitative estimate of drug-likeness (QED) is 0.243. The molecule has 2 heterocycles. The van der Waals surface area contributed by atoms with Crippen molar-refractivity contribution in [3.8, 4) is 5.75 Å². The zero-order valence-corrected chi connectivity index (χ0v) is 20.4. The zero-order valence-electron chi connectivity index (χ0n) is 18.9. The number of aliphatic hydroxyl groups excluding tert-OH is 1. The van der Waals surface area contributed by atoms with Crippen LogP contribution in [0, 0.1) is 0 Å². The van der Waals surface area contributed by atoms with E-state index in [0.717, 1.165) is 22.2 Å². The molecule has 1 fully saturated rings. The van der Waals surface area contributed by atoms with Crippen LogP contribution < -0.4 is 4.74 Å². The Kier molecular flexibility index (Phi) is 7.47. The van der Waals surface area contributed by atoms with Gasteiger partial charge in [-0.05, 0) is 42.7 Å². The molecular weight excluding hydrogens is 498 g/mol. The van der Waals surface area contributed by atoms with Gasteiger partial charge < -0.3 is 19.3 Å². The van der Waals surface area contributed by atoms with Gasteiger partial charge in [-0.2, -0.15) is 0 Å². The first-order valence-corrected chi connectivity index (χ1v) is 12.0. The Hall–Kier alpha value is -3.39. The average Bonchev–Trinajstić information content (AvgIpc) is 3.45. The summed E-state index contributed by atoms with van der Waals surface area (Å²) in [5.74, 6) is -0.755. The highest BCUT2D eigenvalue weighted by atomic mass is 79.9. The molecule has 34 heavy (non-hydrogen) atoms. The number of amides is 1. The molecule has 8 heteroatoms. The normalized spacial score (nSPS) is 17.4. The third-order valence-electron chi connectivity index (χ3n) is 5.70. The summed E-state index contributed by atoms with van der Waals surface area (Å²) in [7, 11) is 0. The number of likely N-dealkylation sites (tertiary alicyclic amines) is 1. The number of rotatable bonds is 9. The van der Waals surface area contributed by atoms with Gasteiger partial charge in [-0.25, -0.2) is 4.98 Å². The maximum absolute atomic E-state index is 13.1. The highest BCUT2D eigenvalue weighted by molar-refractivity contribution is 9.10. The minimum Gasteiger partial charge on any atom is -0.507 e. The third-order valence-corrected chi connectivity index (χ3v) is 6.23. The molecular formula is C26H26BrN3O4. The van der Waals surface area contributed by atoms with Gasteiger partial charge in [0.25, 0.3) is 11.7 Å². The van der Waals surface area contributed by atoms with Crippen molar-refractivity contribution >= 4 is 33.4 Å². The highest BCUT2D eigenvalue weighted by Crippen LogP contribution is 2.40. The Balaban J connectivity index is 1.69. The lowest BCUT2D eigenvalue weighted by atomic mass is 9.95. The molecule has 1 aromatic heterocycles. The molecule has 2 aromatic carbocycles. The number of carbonyl (C=O) groups is 2. The third kappa shape index (κ3) is 5.07. The van der Waals surface area contributed by atoms with Gasteiger partial charge in [-0.15, -0.1) is 0 Å². The van der Waals surface area contributed by atoms with Crippen LogP contribution in [0.15, 0.2) is 77.3 Å². The number of imidazole rings is 1. The van der Waals surface area contributed by atoms with Gasteiger partial charge in [0, 0.05) is 35.5 Å². The maximum Gasteiger partial charge on any atom is 0.295 e. The summed E-state index contributed by atoms with van der Waals surface area (Å²) in [5, 5.41) is 11.1. The standard InChI is InChI=1S/C26H26BrN3O4/c1-2-16-34-21-10-6-18(7-11-21)23-22(24(31)19-4-8-20(27)9-5-19)25(32)26(33)30(23)14-3-13-29-15-12-28-17-29/h4-12,15,17,23,31H,2-3,13-14,16H2,1H3/b24-22+/t23-/m1/s1. The van der Waals surface area contributed by atoms with Crippen molar-refractivity contribution in [2.24, 2.45) is 0 Å². The van der Waals surface area contributed by atoms with Gasteiger partial charge in [0.05, 0.1) is 24.5 Å². The van der Waals surface area contributed by atoms with Gasteiger partial charge in [0.1, 0.15) is 11.5 Å². The second-order valence-electron chi connectivity index (χ2n) is 8.07. The number of ketones is 1.